The average molecular weight is 311 g/mol. The van der Waals surface area contributed by atoms with Crippen LogP contribution in [0.4, 0.5) is 0 Å². The molecule has 0 radical (unpaired) electrons. The van der Waals surface area contributed by atoms with Gasteiger partial charge in [-0.25, -0.2) is 4.98 Å². The van der Waals surface area contributed by atoms with Crippen molar-refractivity contribution in [2.24, 2.45) is 0 Å². The number of aliphatic hydroxyl groups excluding tert-OH is 3. The lowest BCUT2D eigenvalue weighted by molar-refractivity contribution is -0.0538. The molecule has 21 heavy (non-hydrogen) atoms. The number of aliphatic hydroxyl groups is 3. The lowest BCUT2D eigenvalue weighted by Gasteiger charge is -2.18. The molecule has 0 saturated carbocycles. The predicted molar refractivity (Wildman–Crippen MR) is 74.2 cm³/mol. The first-order valence-corrected chi connectivity index (χ1v) is 6.67. The number of fused-ring (bicyclic) bond motifs is 1. The molecule has 4 N–H and O–H groups in total. The van der Waals surface area contributed by atoms with E-state index >= 15 is 0 Å². The van der Waals surface area contributed by atoms with E-state index in [-0.39, 0.29) is 15.6 Å². The molecule has 0 aromatic carbocycles. The third-order valence-corrected chi connectivity index (χ3v) is 3.77. The normalized spacial score (nSPS) is 29.1. The first-order valence-electron chi connectivity index (χ1n) is 6.26. The number of hydrogen-bond acceptors (Lipinski definition) is 7. The van der Waals surface area contributed by atoms with Gasteiger partial charge in [0.25, 0.3) is 0 Å². The molecule has 2 aromatic rings. The highest BCUT2D eigenvalue weighted by atomic mass is 32.1. The van der Waals surface area contributed by atoms with Crippen LogP contribution in [0.2, 0.25) is 0 Å². The quantitative estimate of drug-likeness (QED) is 0.529. The maximum absolute atomic E-state index is 11.8. The fourth-order valence-corrected chi connectivity index (χ4v) is 2.59. The monoisotopic (exact) mass is 311 g/mol. The molecule has 0 aliphatic carbocycles. The van der Waals surface area contributed by atoms with Crippen molar-refractivity contribution in [3.63, 3.8) is 0 Å². The van der Waals surface area contributed by atoms with E-state index in [9.17, 15) is 15.0 Å². The number of H-pyrrole nitrogens is 1. The summed E-state index contributed by atoms with van der Waals surface area (Å²) in [5.41, 5.74) is 0.0715. The second-order valence-electron chi connectivity index (χ2n) is 4.76. The molecule has 1 saturated heterocycles. The minimum Gasteiger partial charge on any atom is -0.394 e. The Balaban J connectivity index is 2.13. The molecule has 0 amide bonds. The van der Waals surface area contributed by atoms with Crippen LogP contribution in [-0.2, 0) is 4.74 Å². The zero-order valence-corrected chi connectivity index (χ0v) is 11.5. The van der Waals surface area contributed by atoms with E-state index in [1.807, 2.05) is 0 Å². The van der Waals surface area contributed by atoms with Crippen LogP contribution < -0.4 is 5.43 Å². The number of aromatic nitrogens is 3. The number of pyridine rings is 1. The first kappa shape index (κ1) is 14.3. The van der Waals surface area contributed by atoms with Gasteiger partial charge in [-0.3, -0.25) is 9.36 Å². The summed E-state index contributed by atoms with van der Waals surface area (Å²) in [7, 11) is 0. The van der Waals surface area contributed by atoms with Crippen molar-refractivity contribution in [1.82, 2.24) is 14.5 Å². The third kappa shape index (κ3) is 2.28. The van der Waals surface area contributed by atoms with Crippen molar-refractivity contribution in [2.45, 2.75) is 24.5 Å². The molecule has 8 nitrogen and oxygen atoms in total. The molecule has 0 spiro atoms. The lowest BCUT2D eigenvalue weighted by Crippen LogP contribution is -2.33. The highest BCUT2D eigenvalue weighted by Gasteiger charge is 2.43. The Hall–Kier alpha value is -1.65. The van der Waals surface area contributed by atoms with Crippen molar-refractivity contribution >= 4 is 23.3 Å². The highest BCUT2D eigenvalue weighted by molar-refractivity contribution is 7.71. The molecule has 9 heteroatoms. The largest absolute Gasteiger partial charge is 0.394 e. The highest BCUT2D eigenvalue weighted by Crippen LogP contribution is 2.29. The van der Waals surface area contributed by atoms with E-state index in [0.29, 0.717) is 5.65 Å². The Bertz CT molecular complexity index is 788. The molecule has 1 aliphatic rings. The van der Waals surface area contributed by atoms with Crippen molar-refractivity contribution in [2.75, 3.05) is 6.61 Å². The van der Waals surface area contributed by atoms with E-state index in [1.54, 1.807) is 0 Å². The Morgan fingerprint density at radius 2 is 2.19 bits per heavy atom. The molecule has 2 aromatic heterocycles. The molecule has 3 rings (SSSR count). The molecule has 1 fully saturated rings. The van der Waals surface area contributed by atoms with E-state index < -0.39 is 31.1 Å². The summed E-state index contributed by atoms with van der Waals surface area (Å²) in [6, 6.07) is 1.34. The predicted octanol–water partition coefficient (Wildman–Crippen LogP) is -0.934. The van der Waals surface area contributed by atoms with Gasteiger partial charge in [-0.1, -0.05) is 0 Å². The first-order chi connectivity index (χ1) is 10.0. The molecule has 112 valence electrons. The van der Waals surface area contributed by atoms with Crippen LogP contribution in [0.15, 0.2) is 23.3 Å². The fraction of sp³-hybridized carbons (Fsp3) is 0.417. The average Bonchev–Trinajstić information content (AvgIpc) is 2.75. The topological polar surface area (TPSA) is 121 Å². The van der Waals surface area contributed by atoms with Crippen LogP contribution in [0.25, 0.3) is 11.0 Å². The maximum atomic E-state index is 11.8. The number of hydrogen-bond donors (Lipinski definition) is 4. The molecule has 4 atom stereocenters. The van der Waals surface area contributed by atoms with Gasteiger partial charge in [-0.2, -0.15) is 0 Å². The SMILES string of the molecule is O=c1cc[nH]c2nc(=S)n(C3OC(CO)C(O)C3O)cc12. The summed E-state index contributed by atoms with van der Waals surface area (Å²) in [6.07, 6.45) is -1.58. The molecule has 0 bridgehead atoms. The van der Waals surface area contributed by atoms with Crippen molar-refractivity contribution in [1.29, 1.82) is 0 Å². The number of aromatic amines is 1. The second kappa shape index (κ2) is 5.28. The Morgan fingerprint density at radius 1 is 1.43 bits per heavy atom. The van der Waals surface area contributed by atoms with Gasteiger partial charge in [0.05, 0.1) is 12.0 Å². The van der Waals surface area contributed by atoms with Gasteiger partial charge in [0.2, 0.25) is 4.77 Å². The Kier molecular flexibility index (Phi) is 3.59. The molecular formula is C12H13N3O5S. The summed E-state index contributed by atoms with van der Waals surface area (Å²) in [6.45, 7) is -0.441. The summed E-state index contributed by atoms with van der Waals surface area (Å²) < 4.78 is 6.77. The standard InChI is InChI=1S/C12H13N3O5S/c16-4-7-8(18)9(19)11(20-7)15-3-5-6(17)1-2-13-10(5)14-12(15)21/h1-3,7-9,11,16,18-19H,4H2,(H,13,14,21). The van der Waals surface area contributed by atoms with Gasteiger partial charge in [0.15, 0.2) is 11.7 Å². The van der Waals surface area contributed by atoms with Gasteiger partial charge >= 0.3 is 0 Å². The minimum absolute atomic E-state index is 0.0826. The second-order valence-corrected chi connectivity index (χ2v) is 5.13. The van der Waals surface area contributed by atoms with Gasteiger partial charge in [-0.05, 0) is 12.2 Å². The third-order valence-electron chi connectivity index (χ3n) is 3.46. The van der Waals surface area contributed by atoms with E-state index in [0.717, 1.165) is 0 Å². The Labute approximate surface area is 123 Å². The molecule has 3 heterocycles. The zero-order chi connectivity index (χ0) is 15.1. The minimum atomic E-state index is -1.28. The molecular weight excluding hydrogens is 298 g/mol. The van der Waals surface area contributed by atoms with Gasteiger partial charge in [0.1, 0.15) is 24.0 Å². The molecule has 1 aliphatic heterocycles. The Morgan fingerprint density at radius 3 is 2.86 bits per heavy atom. The van der Waals surface area contributed by atoms with E-state index in [4.69, 9.17) is 22.1 Å². The fourth-order valence-electron chi connectivity index (χ4n) is 2.34. The van der Waals surface area contributed by atoms with E-state index in [2.05, 4.69) is 9.97 Å². The summed E-state index contributed by atoms with van der Waals surface area (Å²) in [4.78, 5) is 18.7. The summed E-state index contributed by atoms with van der Waals surface area (Å²) >= 11 is 5.12. The van der Waals surface area contributed by atoms with Crippen LogP contribution >= 0.6 is 12.2 Å². The van der Waals surface area contributed by atoms with Crippen LogP contribution in [0.3, 0.4) is 0 Å². The van der Waals surface area contributed by atoms with Crippen molar-refractivity contribution < 1.29 is 20.1 Å². The molecule has 4 unspecified atom stereocenters. The number of nitrogens with zero attached hydrogens (tertiary/aromatic N) is 2. The van der Waals surface area contributed by atoms with Gasteiger partial charge < -0.3 is 25.0 Å². The van der Waals surface area contributed by atoms with Crippen LogP contribution in [-0.4, -0.2) is 54.8 Å². The van der Waals surface area contributed by atoms with Crippen molar-refractivity contribution in [3.05, 3.63) is 33.5 Å². The summed E-state index contributed by atoms with van der Waals surface area (Å²) in [5, 5.41) is 29.2. The van der Waals surface area contributed by atoms with E-state index in [1.165, 1.54) is 23.0 Å². The van der Waals surface area contributed by atoms with Gasteiger partial charge in [0, 0.05) is 18.5 Å². The maximum Gasteiger partial charge on any atom is 0.203 e. The number of nitrogens with one attached hydrogen (secondary N) is 1. The van der Waals surface area contributed by atoms with Gasteiger partial charge in [-0.15, -0.1) is 0 Å². The van der Waals surface area contributed by atoms with Crippen LogP contribution in [0, 0.1) is 4.77 Å². The zero-order valence-electron chi connectivity index (χ0n) is 10.7. The number of rotatable bonds is 2. The van der Waals surface area contributed by atoms with Crippen LogP contribution in [0.5, 0.6) is 0 Å². The lowest BCUT2D eigenvalue weighted by atomic mass is 10.1. The smallest absolute Gasteiger partial charge is 0.203 e. The van der Waals surface area contributed by atoms with Crippen molar-refractivity contribution in [3.8, 4) is 0 Å². The number of ether oxygens (including phenoxy) is 1. The van der Waals surface area contributed by atoms with Crippen LogP contribution in [0.1, 0.15) is 6.23 Å². The summed E-state index contributed by atoms with van der Waals surface area (Å²) in [5.74, 6) is 0.